The van der Waals surface area contributed by atoms with E-state index in [0.29, 0.717) is 10.8 Å². The fraction of sp³-hybridized carbons (Fsp3) is 0.462. The van der Waals surface area contributed by atoms with Gasteiger partial charge in [-0.25, -0.2) is 0 Å². The number of carbonyl (C=O) groups is 1. The predicted molar refractivity (Wildman–Crippen MR) is 71.0 cm³/mol. The van der Waals surface area contributed by atoms with Gasteiger partial charge in [-0.15, -0.1) is 0 Å². The van der Waals surface area contributed by atoms with Crippen molar-refractivity contribution in [2.45, 2.75) is 33.0 Å². The van der Waals surface area contributed by atoms with Crippen LogP contribution >= 0.6 is 11.6 Å². The normalized spacial score (nSPS) is 13.8. The average molecular weight is 272 g/mol. The van der Waals surface area contributed by atoms with E-state index in [4.69, 9.17) is 21.4 Å². The van der Waals surface area contributed by atoms with Crippen LogP contribution in [0.25, 0.3) is 0 Å². The highest BCUT2D eigenvalue weighted by Gasteiger charge is 2.16. The summed E-state index contributed by atoms with van der Waals surface area (Å²) in [6.07, 6.45) is -1.24. The summed E-state index contributed by atoms with van der Waals surface area (Å²) in [7, 11) is 0. The molecule has 0 radical (unpaired) electrons. The molecule has 0 aliphatic carbocycles. The maximum Gasteiger partial charge on any atom is 0.260 e. The fourth-order valence-corrected chi connectivity index (χ4v) is 1.50. The minimum absolute atomic E-state index is 0.202. The van der Waals surface area contributed by atoms with Crippen LogP contribution in [0.3, 0.4) is 0 Å². The van der Waals surface area contributed by atoms with Crippen molar-refractivity contribution in [3.05, 3.63) is 28.8 Å². The summed E-state index contributed by atoms with van der Waals surface area (Å²) in [6.45, 7) is 5.36. The van der Waals surface area contributed by atoms with Gasteiger partial charge in [-0.1, -0.05) is 17.7 Å². The quantitative estimate of drug-likeness (QED) is 0.860. The van der Waals surface area contributed by atoms with Crippen molar-refractivity contribution < 1.29 is 14.6 Å². The first-order chi connectivity index (χ1) is 8.40. The Bertz CT molecular complexity index is 421. The summed E-state index contributed by atoms with van der Waals surface area (Å²) in [5.74, 6) is 0.199. The lowest BCUT2D eigenvalue weighted by Crippen LogP contribution is -2.39. The van der Waals surface area contributed by atoms with Gasteiger partial charge < -0.3 is 15.2 Å². The maximum atomic E-state index is 11.7. The van der Waals surface area contributed by atoms with Crippen molar-refractivity contribution in [2.24, 2.45) is 0 Å². The lowest BCUT2D eigenvalue weighted by Gasteiger charge is -2.16. The highest BCUT2D eigenvalue weighted by Crippen LogP contribution is 2.26. The van der Waals surface area contributed by atoms with E-state index in [9.17, 15) is 4.79 Å². The zero-order valence-electron chi connectivity index (χ0n) is 10.7. The van der Waals surface area contributed by atoms with Gasteiger partial charge in [-0.05, 0) is 38.5 Å². The van der Waals surface area contributed by atoms with Crippen LogP contribution in [0, 0.1) is 6.92 Å². The molecule has 2 N–H and O–H groups in total. The molecular weight excluding hydrogens is 254 g/mol. The van der Waals surface area contributed by atoms with Crippen LogP contribution in [0.2, 0.25) is 5.02 Å². The second-order valence-electron chi connectivity index (χ2n) is 4.29. The highest BCUT2D eigenvalue weighted by molar-refractivity contribution is 6.32. The van der Waals surface area contributed by atoms with Crippen LogP contribution in [-0.4, -0.2) is 29.8 Å². The van der Waals surface area contributed by atoms with Gasteiger partial charge in [0, 0.05) is 6.54 Å². The summed E-state index contributed by atoms with van der Waals surface area (Å²) in [5.41, 5.74) is 1.01. The molecule has 1 aromatic rings. The number of amides is 1. The third-order valence-electron chi connectivity index (χ3n) is 2.33. The average Bonchev–Trinajstić information content (AvgIpc) is 2.30. The van der Waals surface area contributed by atoms with Crippen molar-refractivity contribution >= 4 is 17.5 Å². The summed E-state index contributed by atoms with van der Waals surface area (Å²) >= 11 is 5.98. The number of carbonyl (C=O) groups excluding carboxylic acids is 1. The number of benzene rings is 1. The molecule has 2 atom stereocenters. The lowest BCUT2D eigenvalue weighted by molar-refractivity contribution is -0.127. The van der Waals surface area contributed by atoms with Gasteiger partial charge in [0.15, 0.2) is 6.10 Å². The monoisotopic (exact) mass is 271 g/mol. The molecule has 5 heteroatoms. The summed E-state index contributed by atoms with van der Waals surface area (Å²) in [5, 5.41) is 12.1. The van der Waals surface area contributed by atoms with E-state index in [1.807, 2.05) is 13.0 Å². The molecule has 0 bridgehead atoms. The van der Waals surface area contributed by atoms with E-state index < -0.39 is 12.2 Å². The zero-order valence-corrected chi connectivity index (χ0v) is 11.5. The standard InChI is InChI=1S/C13H18ClNO3/c1-8-4-5-11(14)12(6-8)18-10(3)13(17)15-7-9(2)16/h4-6,9-10,16H,7H2,1-3H3,(H,15,17). The molecule has 0 heterocycles. The van der Waals surface area contributed by atoms with Gasteiger partial charge in [0.2, 0.25) is 0 Å². The number of aliphatic hydroxyl groups excluding tert-OH is 1. The predicted octanol–water partition coefficient (Wildman–Crippen LogP) is 1.91. The Morgan fingerprint density at radius 2 is 2.17 bits per heavy atom. The summed E-state index contributed by atoms with van der Waals surface area (Å²) < 4.78 is 5.49. The van der Waals surface area contributed by atoms with Crippen LogP contribution in [0.1, 0.15) is 19.4 Å². The van der Waals surface area contributed by atoms with Crippen LogP contribution in [0.4, 0.5) is 0 Å². The van der Waals surface area contributed by atoms with Crippen LogP contribution in [0.15, 0.2) is 18.2 Å². The number of hydrogen-bond acceptors (Lipinski definition) is 3. The molecule has 2 unspecified atom stereocenters. The topological polar surface area (TPSA) is 58.6 Å². The number of ether oxygens (including phenoxy) is 1. The largest absolute Gasteiger partial charge is 0.479 e. The van der Waals surface area contributed by atoms with Crippen LogP contribution in [-0.2, 0) is 4.79 Å². The van der Waals surface area contributed by atoms with Gasteiger partial charge in [0.05, 0.1) is 11.1 Å². The van der Waals surface area contributed by atoms with Crippen molar-refractivity contribution in [1.29, 1.82) is 0 Å². The molecule has 1 rings (SSSR count). The second kappa shape index (κ2) is 6.61. The van der Waals surface area contributed by atoms with Crippen molar-refractivity contribution in [2.75, 3.05) is 6.54 Å². The highest BCUT2D eigenvalue weighted by atomic mass is 35.5. The molecule has 0 aliphatic heterocycles. The van der Waals surface area contributed by atoms with E-state index in [2.05, 4.69) is 5.32 Å². The fourth-order valence-electron chi connectivity index (χ4n) is 1.34. The van der Waals surface area contributed by atoms with E-state index in [-0.39, 0.29) is 12.5 Å². The Morgan fingerprint density at radius 3 is 2.78 bits per heavy atom. The van der Waals surface area contributed by atoms with E-state index in [1.54, 1.807) is 26.0 Å². The molecule has 0 aromatic heterocycles. The molecule has 0 saturated carbocycles. The minimum Gasteiger partial charge on any atom is -0.479 e. The Hall–Kier alpha value is -1.26. The van der Waals surface area contributed by atoms with Crippen molar-refractivity contribution in [3.8, 4) is 5.75 Å². The van der Waals surface area contributed by atoms with E-state index in [0.717, 1.165) is 5.56 Å². The van der Waals surface area contributed by atoms with Crippen molar-refractivity contribution in [1.82, 2.24) is 5.32 Å². The van der Waals surface area contributed by atoms with Gasteiger partial charge in [0.25, 0.3) is 5.91 Å². The van der Waals surface area contributed by atoms with Gasteiger partial charge in [0.1, 0.15) is 5.75 Å². The molecular formula is C13H18ClNO3. The zero-order chi connectivity index (χ0) is 13.7. The molecule has 0 saturated heterocycles. The van der Waals surface area contributed by atoms with Gasteiger partial charge in [-0.2, -0.15) is 0 Å². The Kier molecular flexibility index (Phi) is 5.44. The van der Waals surface area contributed by atoms with Gasteiger partial charge >= 0.3 is 0 Å². The lowest BCUT2D eigenvalue weighted by atomic mass is 10.2. The molecule has 1 aromatic carbocycles. The third kappa shape index (κ3) is 4.55. The van der Waals surface area contributed by atoms with Gasteiger partial charge in [-0.3, -0.25) is 4.79 Å². The smallest absolute Gasteiger partial charge is 0.260 e. The molecule has 0 spiro atoms. The third-order valence-corrected chi connectivity index (χ3v) is 2.64. The molecule has 18 heavy (non-hydrogen) atoms. The first-order valence-electron chi connectivity index (χ1n) is 5.78. The molecule has 1 amide bonds. The van der Waals surface area contributed by atoms with Crippen LogP contribution in [0.5, 0.6) is 5.75 Å². The number of halogens is 1. The number of nitrogens with one attached hydrogen (secondary N) is 1. The Labute approximate surface area is 112 Å². The number of aliphatic hydroxyl groups is 1. The molecule has 100 valence electrons. The van der Waals surface area contributed by atoms with E-state index >= 15 is 0 Å². The second-order valence-corrected chi connectivity index (χ2v) is 4.70. The SMILES string of the molecule is Cc1ccc(Cl)c(OC(C)C(=O)NCC(C)O)c1. The Morgan fingerprint density at radius 1 is 1.50 bits per heavy atom. The van der Waals surface area contributed by atoms with Crippen molar-refractivity contribution in [3.63, 3.8) is 0 Å². The molecule has 4 nitrogen and oxygen atoms in total. The molecule has 0 fully saturated rings. The first-order valence-corrected chi connectivity index (χ1v) is 6.16. The number of aryl methyl sites for hydroxylation is 1. The molecule has 0 aliphatic rings. The summed E-state index contributed by atoms with van der Waals surface area (Å²) in [4.78, 5) is 11.7. The maximum absolute atomic E-state index is 11.7. The first kappa shape index (κ1) is 14.8. The van der Waals surface area contributed by atoms with E-state index in [1.165, 1.54) is 0 Å². The van der Waals surface area contributed by atoms with Crippen LogP contribution < -0.4 is 10.1 Å². The Balaban J connectivity index is 2.60. The number of rotatable bonds is 5. The minimum atomic E-state index is -0.664. The number of hydrogen-bond donors (Lipinski definition) is 2. The summed E-state index contributed by atoms with van der Waals surface area (Å²) in [6, 6.07) is 5.38.